The lowest BCUT2D eigenvalue weighted by Crippen LogP contribution is -2.36. The SMILES string of the molecule is CCn1nc(C)c2c(C(=O)N[C@H](C)Cn3nc(C)cc3C)cc(-c3ccc(C)cc3)nc21. The van der Waals surface area contributed by atoms with Crippen LogP contribution in [0.15, 0.2) is 36.4 Å². The van der Waals surface area contributed by atoms with Gasteiger partial charge in [-0.3, -0.25) is 9.48 Å². The fraction of sp³-hybridized carbons (Fsp3) is 0.360. The molecule has 3 heterocycles. The lowest BCUT2D eigenvalue weighted by atomic mass is 10.0. The van der Waals surface area contributed by atoms with Crippen LogP contribution in [-0.4, -0.2) is 36.5 Å². The van der Waals surface area contributed by atoms with Crippen LogP contribution in [0.4, 0.5) is 0 Å². The maximum absolute atomic E-state index is 13.4. The Labute approximate surface area is 188 Å². The van der Waals surface area contributed by atoms with Crippen molar-refractivity contribution in [2.24, 2.45) is 0 Å². The summed E-state index contributed by atoms with van der Waals surface area (Å²) in [4.78, 5) is 18.3. The van der Waals surface area contributed by atoms with Crippen LogP contribution in [0.2, 0.25) is 0 Å². The molecular formula is C25H30N6O. The molecule has 7 nitrogen and oxygen atoms in total. The number of nitrogens with zero attached hydrogens (tertiary/aromatic N) is 5. The zero-order chi connectivity index (χ0) is 23.0. The topological polar surface area (TPSA) is 77.6 Å². The summed E-state index contributed by atoms with van der Waals surface area (Å²) in [7, 11) is 0. The van der Waals surface area contributed by atoms with Crippen molar-refractivity contribution in [2.75, 3.05) is 0 Å². The molecule has 3 aromatic heterocycles. The van der Waals surface area contributed by atoms with E-state index in [0.717, 1.165) is 39.4 Å². The molecule has 166 valence electrons. The highest BCUT2D eigenvalue weighted by molar-refractivity contribution is 6.07. The Bertz CT molecular complexity index is 1280. The minimum Gasteiger partial charge on any atom is -0.348 e. The molecule has 0 saturated heterocycles. The second-order valence-electron chi connectivity index (χ2n) is 8.50. The molecule has 0 spiro atoms. The summed E-state index contributed by atoms with van der Waals surface area (Å²) in [5.74, 6) is -0.126. The summed E-state index contributed by atoms with van der Waals surface area (Å²) in [5.41, 5.74) is 7.12. The molecule has 0 fully saturated rings. The number of hydrogen-bond donors (Lipinski definition) is 1. The lowest BCUT2D eigenvalue weighted by Gasteiger charge is -2.16. The van der Waals surface area contributed by atoms with Gasteiger partial charge in [0.2, 0.25) is 0 Å². The highest BCUT2D eigenvalue weighted by Gasteiger charge is 2.21. The molecule has 4 aromatic rings. The number of benzene rings is 1. The third-order valence-corrected chi connectivity index (χ3v) is 5.70. The average Bonchev–Trinajstić information content (AvgIpc) is 3.25. The van der Waals surface area contributed by atoms with Gasteiger partial charge in [0, 0.05) is 23.8 Å². The molecule has 0 bridgehead atoms. The number of hydrogen-bond acceptors (Lipinski definition) is 4. The summed E-state index contributed by atoms with van der Waals surface area (Å²) in [5, 5.41) is 13.1. The van der Waals surface area contributed by atoms with E-state index >= 15 is 0 Å². The maximum atomic E-state index is 13.4. The van der Waals surface area contributed by atoms with Crippen LogP contribution in [-0.2, 0) is 13.1 Å². The first-order chi connectivity index (χ1) is 15.3. The second kappa shape index (κ2) is 8.57. The lowest BCUT2D eigenvalue weighted by molar-refractivity contribution is 0.0937. The van der Waals surface area contributed by atoms with Crippen LogP contribution >= 0.6 is 0 Å². The Morgan fingerprint density at radius 2 is 1.75 bits per heavy atom. The molecule has 1 amide bonds. The van der Waals surface area contributed by atoms with Crippen LogP contribution in [0.5, 0.6) is 0 Å². The van der Waals surface area contributed by atoms with Crippen LogP contribution in [0.3, 0.4) is 0 Å². The zero-order valence-electron chi connectivity index (χ0n) is 19.6. The van der Waals surface area contributed by atoms with Gasteiger partial charge in [-0.15, -0.1) is 0 Å². The van der Waals surface area contributed by atoms with E-state index in [4.69, 9.17) is 4.98 Å². The van der Waals surface area contributed by atoms with Crippen LogP contribution in [0.1, 0.15) is 46.9 Å². The molecule has 0 aliphatic carbocycles. The monoisotopic (exact) mass is 430 g/mol. The molecule has 1 N–H and O–H groups in total. The van der Waals surface area contributed by atoms with Gasteiger partial charge in [-0.1, -0.05) is 29.8 Å². The molecule has 0 radical (unpaired) electrons. The van der Waals surface area contributed by atoms with Crippen molar-refractivity contribution >= 4 is 16.9 Å². The van der Waals surface area contributed by atoms with Crippen molar-refractivity contribution in [1.82, 2.24) is 29.9 Å². The molecular weight excluding hydrogens is 400 g/mol. The highest BCUT2D eigenvalue weighted by atomic mass is 16.1. The number of aryl methyl sites for hydroxylation is 5. The highest BCUT2D eigenvalue weighted by Crippen LogP contribution is 2.27. The third kappa shape index (κ3) is 4.15. The fourth-order valence-corrected chi connectivity index (χ4v) is 4.09. The van der Waals surface area contributed by atoms with Crippen molar-refractivity contribution in [3.05, 3.63) is 64.6 Å². The number of carbonyl (C=O) groups is 1. The molecule has 4 rings (SSSR count). The Hall–Kier alpha value is -3.48. The largest absolute Gasteiger partial charge is 0.348 e. The van der Waals surface area contributed by atoms with E-state index in [9.17, 15) is 4.79 Å². The number of rotatable bonds is 6. The van der Waals surface area contributed by atoms with Crippen LogP contribution in [0, 0.1) is 27.7 Å². The van der Waals surface area contributed by atoms with E-state index < -0.39 is 0 Å². The van der Waals surface area contributed by atoms with Gasteiger partial charge >= 0.3 is 0 Å². The van der Waals surface area contributed by atoms with Crippen LogP contribution in [0.25, 0.3) is 22.3 Å². The van der Waals surface area contributed by atoms with Gasteiger partial charge in [-0.05, 0) is 53.7 Å². The van der Waals surface area contributed by atoms with Crippen molar-refractivity contribution in [2.45, 2.75) is 60.7 Å². The minimum absolute atomic E-state index is 0.0898. The normalized spacial score (nSPS) is 12.3. The molecule has 0 aliphatic rings. The van der Waals surface area contributed by atoms with Gasteiger partial charge in [-0.25, -0.2) is 9.67 Å². The number of nitrogens with one attached hydrogen (secondary N) is 1. The van der Waals surface area contributed by atoms with Gasteiger partial charge < -0.3 is 5.32 Å². The molecule has 0 unspecified atom stereocenters. The number of pyridine rings is 1. The first kappa shape index (κ1) is 21.7. The number of amides is 1. The molecule has 1 aromatic carbocycles. The predicted molar refractivity (Wildman–Crippen MR) is 127 cm³/mol. The van der Waals surface area contributed by atoms with Crippen LogP contribution < -0.4 is 5.32 Å². The molecule has 32 heavy (non-hydrogen) atoms. The standard InChI is InChI=1S/C25H30N6O/c1-7-30-24-23(19(6)29-30)21(13-22(27-24)20-10-8-15(2)9-11-20)25(32)26-17(4)14-31-18(5)12-16(3)28-31/h8-13,17H,7,14H2,1-6H3,(H,26,32)/t17-/m1/s1. The smallest absolute Gasteiger partial charge is 0.252 e. The van der Waals surface area contributed by atoms with E-state index in [1.807, 2.05) is 68.2 Å². The Kier molecular flexibility index (Phi) is 5.82. The number of fused-ring (bicyclic) bond motifs is 1. The predicted octanol–water partition coefficient (Wildman–Crippen LogP) is 4.37. The van der Waals surface area contributed by atoms with E-state index in [2.05, 4.69) is 34.6 Å². The number of aromatic nitrogens is 5. The number of carbonyl (C=O) groups excluding carboxylic acids is 1. The van der Waals surface area contributed by atoms with E-state index in [1.165, 1.54) is 5.56 Å². The van der Waals surface area contributed by atoms with Gasteiger partial charge in [0.25, 0.3) is 5.91 Å². The van der Waals surface area contributed by atoms with Gasteiger partial charge in [-0.2, -0.15) is 10.2 Å². The fourth-order valence-electron chi connectivity index (χ4n) is 4.09. The summed E-state index contributed by atoms with van der Waals surface area (Å²) < 4.78 is 3.79. The Morgan fingerprint density at radius 3 is 2.38 bits per heavy atom. The maximum Gasteiger partial charge on any atom is 0.252 e. The quantitative estimate of drug-likeness (QED) is 0.493. The molecule has 7 heteroatoms. The van der Waals surface area contributed by atoms with Crippen molar-refractivity contribution in [3.63, 3.8) is 0 Å². The van der Waals surface area contributed by atoms with Crippen molar-refractivity contribution < 1.29 is 4.79 Å². The van der Waals surface area contributed by atoms with Crippen molar-refractivity contribution in [1.29, 1.82) is 0 Å². The van der Waals surface area contributed by atoms with E-state index in [0.29, 0.717) is 18.7 Å². The molecule has 1 atom stereocenters. The summed E-state index contributed by atoms with van der Waals surface area (Å²) >= 11 is 0. The summed E-state index contributed by atoms with van der Waals surface area (Å²) in [6, 6.07) is 12.0. The zero-order valence-corrected chi connectivity index (χ0v) is 19.6. The average molecular weight is 431 g/mol. The summed E-state index contributed by atoms with van der Waals surface area (Å²) in [6.07, 6.45) is 0. The van der Waals surface area contributed by atoms with E-state index in [-0.39, 0.29) is 11.9 Å². The Morgan fingerprint density at radius 1 is 1.03 bits per heavy atom. The molecule has 0 saturated carbocycles. The Balaban J connectivity index is 1.72. The van der Waals surface area contributed by atoms with E-state index in [1.54, 1.807) is 0 Å². The second-order valence-corrected chi connectivity index (χ2v) is 8.50. The molecule has 0 aliphatic heterocycles. The minimum atomic E-state index is -0.126. The third-order valence-electron chi connectivity index (χ3n) is 5.70. The van der Waals surface area contributed by atoms with Gasteiger partial charge in [0.05, 0.1) is 34.6 Å². The first-order valence-electron chi connectivity index (χ1n) is 11.0. The first-order valence-corrected chi connectivity index (χ1v) is 11.0. The van der Waals surface area contributed by atoms with Gasteiger partial charge in [0.1, 0.15) is 0 Å². The van der Waals surface area contributed by atoms with Crippen molar-refractivity contribution in [3.8, 4) is 11.3 Å². The van der Waals surface area contributed by atoms with Gasteiger partial charge in [0.15, 0.2) is 5.65 Å². The summed E-state index contributed by atoms with van der Waals surface area (Å²) in [6.45, 7) is 13.3.